The highest BCUT2D eigenvalue weighted by Gasteiger charge is 2.11. The van der Waals surface area contributed by atoms with Crippen LogP contribution in [0.4, 0.5) is 0 Å². The van der Waals surface area contributed by atoms with Gasteiger partial charge in [0, 0.05) is 5.56 Å². The van der Waals surface area contributed by atoms with E-state index in [1.165, 1.54) is 10.8 Å². The summed E-state index contributed by atoms with van der Waals surface area (Å²) in [5.74, 6) is 1.02. The van der Waals surface area contributed by atoms with Crippen molar-refractivity contribution in [3.8, 4) is 11.5 Å². The number of hydrazone groups is 1. The Bertz CT molecular complexity index is 1360. The molecule has 0 saturated heterocycles. The summed E-state index contributed by atoms with van der Waals surface area (Å²) in [5, 5.41) is 6.43. The van der Waals surface area contributed by atoms with Crippen molar-refractivity contribution in [2.24, 2.45) is 5.10 Å². The molecule has 0 bridgehead atoms. The number of carbonyl (C=O) groups is 1. The molecule has 0 aromatic heterocycles. The van der Waals surface area contributed by atoms with E-state index in [9.17, 15) is 4.79 Å². The van der Waals surface area contributed by atoms with Crippen molar-refractivity contribution in [3.63, 3.8) is 0 Å². The SMILES string of the molecule is COc1cc(C(=O)N/N=C\c2cc(Br)c(OCc3cccc4ccccc34)c(Br)c2)ccc1I. The van der Waals surface area contributed by atoms with Crippen LogP contribution in [0.5, 0.6) is 11.5 Å². The van der Waals surface area contributed by atoms with Gasteiger partial charge in [0.1, 0.15) is 18.1 Å². The smallest absolute Gasteiger partial charge is 0.271 e. The molecule has 1 amide bonds. The highest BCUT2D eigenvalue weighted by atomic mass is 127. The largest absolute Gasteiger partial charge is 0.496 e. The fourth-order valence-corrected chi connectivity index (χ4v) is 5.40. The predicted octanol–water partition coefficient (Wildman–Crippen LogP) is 7.32. The molecule has 4 aromatic rings. The predicted molar refractivity (Wildman–Crippen MR) is 151 cm³/mol. The zero-order valence-corrected chi connectivity index (χ0v) is 23.3. The molecule has 4 aromatic carbocycles. The van der Waals surface area contributed by atoms with E-state index in [4.69, 9.17) is 9.47 Å². The van der Waals surface area contributed by atoms with Crippen LogP contribution in [-0.4, -0.2) is 19.2 Å². The van der Waals surface area contributed by atoms with Crippen LogP contribution in [0, 0.1) is 3.57 Å². The molecule has 0 heterocycles. The Hall–Kier alpha value is -2.43. The number of hydrogen-bond donors (Lipinski definition) is 1. The summed E-state index contributed by atoms with van der Waals surface area (Å²) >= 11 is 9.32. The van der Waals surface area contributed by atoms with Crippen LogP contribution >= 0.6 is 54.5 Å². The number of carbonyl (C=O) groups excluding carboxylic acids is 1. The number of methoxy groups -OCH3 is 1. The van der Waals surface area contributed by atoms with E-state index in [0.29, 0.717) is 23.7 Å². The zero-order chi connectivity index (χ0) is 24.1. The first-order valence-electron chi connectivity index (χ1n) is 10.2. The molecule has 1 N–H and O–H groups in total. The molecule has 8 heteroatoms. The number of nitrogens with one attached hydrogen (secondary N) is 1. The average Bonchev–Trinajstić information content (AvgIpc) is 2.84. The number of nitrogens with zero attached hydrogens (tertiary/aromatic N) is 1. The van der Waals surface area contributed by atoms with Gasteiger partial charge in [-0.25, -0.2) is 5.43 Å². The van der Waals surface area contributed by atoms with Gasteiger partial charge in [0.25, 0.3) is 5.91 Å². The summed E-state index contributed by atoms with van der Waals surface area (Å²) in [5.41, 5.74) is 4.91. The maximum Gasteiger partial charge on any atom is 0.271 e. The van der Waals surface area contributed by atoms with E-state index in [1.54, 1.807) is 25.5 Å². The summed E-state index contributed by atoms with van der Waals surface area (Å²) in [6.07, 6.45) is 1.58. The van der Waals surface area contributed by atoms with Crippen LogP contribution in [0.3, 0.4) is 0 Å². The van der Waals surface area contributed by atoms with E-state index < -0.39 is 0 Å². The second-order valence-corrected chi connectivity index (χ2v) is 10.2. The van der Waals surface area contributed by atoms with Crippen LogP contribution < -0.4 is 14.9 Å². The van der Waals surface area contributed by atoms with Crippen LogP contribution in [-0.2, 0) is 6.61 Å². The number of halogens is 3. The van der Waals surface area contributed by atoms with Gasteiger partial charge in [0.05, 0.1) is 25.8 Å². The Kier molecular flexibility index (Phi) is 8.23. The second kappa shape index (κ2) is 11.3. The van der Waals surface area contributed by atoms with Crippen molar-refractivity contribution in [1.82, 2.24) is 5.43 Å². The molecule has 0 unspecified atom stereocenters. The minimum Gasteiger partial charge on any atom is -0.496 e. The molecule has 0 aliphatic rings. The lowest BCUT2D eigenvalue weighted by atomic mass is 10.1. The van der Waals surface area contributed by atoms with Crippen LogP contribution in [0.1, 0.15) is 21.5 Å². The number of fused-ring (bicyclic) bond motifs is 1. The van der Waals surface area contributed by atoms with Crippen molar-refractivity contribution < 1.29 is 14.3 Å². The Morgan fingerprint density at radius 3 is 2.53 bits per heavy atom. The van der Waals surface area contributed by atoms with E-state index in [-0.39, 0.29) is 5.91 Å². The Morgan fingerprint density at radius 1 is 1.03 bits per heavy atom. The van der Waals surface area contributed by atoms with Gasteiger partial charge in [0.15, 0.2) is 0 Å². The van der Waals surface area contributed by atoms with Gasteiger partial charge in [-0.05, 0) is 107 Å². The summed E-state index contributed by atoms with van der Waals surface area (Å²) in [7, 11) is 1.57. The Morgan fingerprint density at radius 2 is 1.76 bits per heavy atom. The topological polar surface area (TPSA) is 59.9 Å². The monoisotopic (exact) mass is 692 g/mol. The lowest BCUT2D eigenvalue weighted by Gasteiger charge is -2.13. The third-order valence-corrected chi connectivity index (χ3v) is 7.13. The molecule has 0 aliphatic carbocycles. The zero-order valence-electron chi connectivity index (χ0n) is 18.0. The summed E-state index contributed by atoms with van der Waals surface area (Å²) in [6.45, 7) is 0.432. The quantitative estimate of drug-likeness (QED) is 0.125. The molecule has 0 spiro atoms. The normalized spacial score (nSPS) is 11.1. The molecular formula is C26H19Br2IN2O3. The molecule has 0 aliphatic heterocycles. The van der Waals surface area contributed by atoms with E-state index in [1.807, 2.05) is 36.4 Å². The maximum atomic E-state index is 12.4. The molecule has 0 atom stereocenters. The number of benzene rings is 4. The maximum absolute atomic E-state index is 12.4. The number of ether oxygens (including phenoxy) is 2. The average molecular weight is 694 g/mol. The highest BCUT2D eigenvalue weighted by molar-refractivity contribution is 14.1. The fraction of sp³-hybridized carbons (Fsp3) is 0.0769. The van der Waals surface area contributed by atoms with Gasteiger partial charge in [-0.1, -0.05) is 42.5 Å². The minimum atomic E-state index is -0.320. The first-order chi connectivity index (χ1) is 16.5. The van der Waals surface area contributed by atoms with Crippen molar-refractivity contribution in [1.29, 1.82) is 0 Å². The lowest BCUT2D eigenvalue weighted by Crippen LogP contribution is -2.17. The number of amides is 1. The Labute approximate surface area is 227 Å². The van der Waals surface area contributed by atoms with E-state index >= 15 is 0 Å². The van der Waals surface area contributed by atoms with Crippen LogP contribution in [0.15, 0.2) is 86.8 Å². The number of hydrogen-bond acceptors (Lipinski definition) is 4. The molecule has 5 nitrogen and oxygen atoms in total. The van der Waals surface area contributed by atoms with Gasteiger partial charge in [-0.3, -0.25) is 4.79 Å². The molecule has 34 heavy (non-hydrogen) atoms. The van der Waals surface area contributed by atoms with Gasteiger partial charge in [-0.2, -0.15) is 5.10 Å². The third kappa shape index (κ3) is 5.79. The van der Waals surface area contributed by atoms with E-state index in [0.717, 1.165) is 23.6 Å². The van der Waals surface area contributed by atoms with Crippen molar-refractivity contribution in [2.75, 3.05) is 7.11 Å². The van der Waals surface area contributed by atoms with Crippen molar-refractivity contribution in [2.45, 2.75) is 6.61 Å². The fourth-order valence-electron chi connectivity index (χ4n) is 3.39. The van der Waals surface area contributed by atoms with Gasteiger partial charge in [0.2, 0.25) is 0 Å². The molecule has 0 saturated carbocycles. The van der Waals surface area contributed by atoms with Crippen LogP contribution in [0.25, 0.3) is 10.8 Å². The molecule has 172 valence electrons. The lowest BCUT2D eigenvalue weighted by molar-refractivity contribution is 0.0954. The molecule has 0 radical (unpaired) electrons. The summed E-state index contributed by atoms with van der Waals surface area (Å²) in [6, 6.07) is 23.4. The van der Waals surface area contributed by atoms with Gasteiger partial charge < -0.3 is 9.47 Å². The molecule has 0 fully saturated rings. The number of rotatable bonds is 7. The second-order valence-electron chi connectivity index (χ2n) is 7.29. The van der Waals surface area contributed by atoms with Gasteiger partial charge in [-0.15, -0.1) is 0 Å². The first-order valence-corrected chi connectivity index (χ1v) is 12.9. The van der Waals surface area contributed by atoms with Crippen molar-refractivity contribution in [3.05, 3.63) is 102 Å². The minimum absolute atomic E-state index is 0.320. The highest BCUT2D eigenvalue weighted by Crippen LogP contribution is 2.35. The van der Waals surface area contributed by atoms with Gasteiger partial charge >= 0.3 is 0 Å². The van der Waals surface area contributed by atoms with Crippen LogP contribution in [0.2, 0.25) is 0 Å². The third-order valence-electron chi connectivity index (χ3n) is 5.07. The standard InChI is InChI=1S/C26H19Br2IN2O3/c1-33-24-13-18(9-10-23(24)29)26(32)31-30-14-16-11-21(27)25(22(28)12-16)34-15-19-7-4-6-17-5-2-3-8-20(17)19/h2-14H,15H2,1H3,(H,31,32)/b30-14-. The Balaban J connectivity index is 1.44. The summed E-state index contributed by atoms with van der Waals surface area (Å²) < 4.78 is 13.9. The van der Waals surface area contributed by atoms with E-state index in [2.05, 4.69) is 89.2 Å². The first kappa shape index (κ1) is 24.7. The van der Waals surface area contributed by atoms with Crippen molar-refractivity contribution >= 4 is 77.3 Å². The molecular weight excluding hydrogens is 675 g/mol. The summed E-state index contributed by atoms with van der Waals surface area (Å²) in [4.78, 5) is 12.4. The molecule has 4 rings (SSSR count).